The Hall–Kier alpha value is -0.0400. The molecule has 4 unspecified atom stereocenters. The monoisotopic (exact) mass is 211 g/mol. The van der Waals surface area contributed by atoms with E-state index in [1.54, 1.807) is 0 Å². The van der Waals surface area contributed by atoms with Gasteiger partial charge < -0.3 is 5.73 Å². The number of rotatable bonds is 4. The minimum atomic E-state index is 0.0514. The van der Waals surface area contributed by atoms with Crippen LogP contribution >= 0.6 is 0 Å². The van der Waals surface area contributed by atoms with Crippen LogP contribution in [0.1, 0.15) is 66.2 Å². The van der Waals surface area contributed by atoms with E-state index < -0.39 is 0 Å². The smallest absolute Gasteiger partial charge is 0.0182 e. The Bertz CT molecular complexity index is 186. The third kappa shape index (κ3) is 2.75. The lowest BCUT2D eigenvalue weighted by atomic mass is 9.64. The summed E-state index contributed by atoms with van der Waals surface area (Å²) >= 11 is 0. The van der Waals surface area contributed by atoms with E-state index >= 15 is 0 Å². The lowest BCUT2D eigenvalue weighted by Gasteiger charge is -2.45. The van der Waals surface area contributed by atoms with E-state index in [9.17, 15) is 0 Å². The highest BCUT2D eigenvalue weighted by Crippen LogP contribution is 2.41. The van der Waals surface area contributed by atoms with Crippen LogP contribution in [0.4, 0.5) is 0 Å². The van der Waals surface area contributed by atoms with Crippen LogP contribution in [0.25, 0.3) is 0 Å². The molecule has 1 heteroatoms. The van der Waals surface area contributed by atoms with Gasteiger partial charge in [0.25, 0.3) is 0 Å². The molecule has 0 aliphatic heterocycles. The van der Waals surface area contributed by atoms with Gasteiger partial charge in [-0.2, -0.15) is 0 Å². The van der Waals surface area contributed by atoms with Crippen molar-refractivity contribution < 1.29 is 0 Å². The summed E-state index contributed by atoms with van der Waals surface area (Å²) in [7, 11) is 0. The van der Waals surface area contributed by atoms with Crippen LogP contribution in [0, 0.1) is 17.8 Å². The van der Waals surface area contributed by atoms with Crippen LogP contribution in [0.3, 0.4) is 0 Å². The Kier molecular flexibility index (Phi) is 4.64. The lowest BCUT2D eigenvalue weighted by molar-refractivity contribution is 0.0969. The summed E-state index contributed by atoms with van der Waals surface area (Å²) in [6.45, 7) is 9.20. The van der Waals surface area contributed by atoms with Gasteiger partial charge in [-0.25, -0.2) is 0 Å². The van der Waals surface area contributed by atoms with E-state index in [1.165, 1.54) is 38.5 Å². The fraction of sp³-hybridized carbons (Fsp3) is 1.00. The van der Waals surface area contributed by atoms with Crippen molar-refractivity contribution in [1.29, 1.82) is 0 Å². The second-order valence-corrected chi connectivity index (χ2v) is 5.73. The Morgan fingerprint density at radius 3 is 2.40 bits per heavy atom. The molecule has 0 aromatic carbocycles. The molecular weight excluding hydrogens is 182 g/mol. The summed E-state index contributed by atoms with van der Waals surface area (Å²) in [5.74, 6) is 2.28. The predicted molar refractivity (Wildman–Crippen MR) is 67.8 cm³/mol. The van der Waals surface area contributed by atoms with Crippen LogP contribution in [0.15, 0.2) is 0 Å². The molecule has 4 atom stereocenters. The lowest BCUT2D eigenvalue weighted by Crippen LogP contribution is -2.53. The van der Waals surface area contributed by atoms with Gasteiger partial charge in [0.1, 0.15) is 0 Å². The molecule has 0 heterocycles. The maximum Gasteiger partial charge on any atom is 0.0182 e. The van der Waals surface area contributed by atoms with Crippen molar-refractivity contribution in [2.24, 2.45) is 23.5 Å². The number of nitrogens with two attached hydrogens (primary N) is 1. The SMILES string of the molecule is CCC1CCCCC1C(C)(N)C(C)CC. The van der Waals surface area contributed by atoms with Crippen LogP contribution in [0.2, 0.25) is 0 Å². The first kappa shape index (κ1) is 13.0. The summed E-state index contributed by atoms with van der Waals surface area (Å²) in [5.41, 5.74) is 6.66. The van der Waals surface area contributed by atoms with Gasteiger partial charge in [-0.1, -0.05) is 52.9 Å². The third-order valence-corrected chi connectivity index (χ3v) is 4.91. The Morgan fingerprint density at radius 2 is 1.87 bits per heavy atom. The largest absolute Gasteiger partial charge is 0.325 e. The average molecular weight is 211 g/mol. The van der Waals surface area contributed by atoms with Crippen molar-refractivity contribution in [3.05, 3.63) is 0 Å². The van der Waals surface area contributed by atoms with Crippen LogP contribution in [-0.2, 0) is 0 Å². The molecule has 1 saturated carbocycles. The molecule has 1 rings (SSSR count). The fourth-order valence-electron chi connectivity index (χ4n) is 3.32. The van der Waals surface area contributed by atoms with Gasteiger partial charge in [0.15, 0.2) is 0 Å². The van der Waals surface area contributed by atoms with Crippen molar-refractivity contribution in [3.63, 3.8) is 0 Å². The van der Waals surface area contributed by atoms with Gasteiger partial charge in [0.05, 0.1) is 0 Å². The Balaban J connectivity index is 2.73. The van der Waals surface area contributed by atoms with Crippen molar-refractivity contribution >= 4 is 0 Å². The van der Waals surface area contributed by atoms with Crippen molar-refractivity contribution in [2.75, 3.05) is 0 Å². The molecule has 0 radical (unpaired) electrons. The molecule has 0 spiro atoms. The topological polar surface area (TPSA) is 26.0 Å². The molecule has 0 aromatic heterocycles. The molecule has 1 aliphatic rings. The molecule has 0 saturated heterocycles. The average Bonchev–Trinajstić information content (AvgIpc) is 2.27. The van der Waals surface area contributed by atoms with Crippen LogP contribution < -0.4 is 5.73 Å². The molecule has 1 aliphatic carbocycles. The highest BCUT2D eigenvalue weighted by atomic mass is 14.8. The van der Waals surface area contributed by atoms with Gasteiger partial charge in [-0.15, -0.1) is 0 Å². The zero-order chi connectivity index (χ0) is 11.5. The predicted octanol–water partition coefficient (Wildman–Crippen LogP) is 3.97. The summed E-state index contributed by atoms with van der Waals surface area (Å²) in [6, 6.07) is 0. The Labute approximate surface area is 95.8 Å². The van der Waals surface area contributed by atoms with E-state index in [0.29, 0.717) is 5.92 Å². The minimum Gasteiger partial charge on any atom is -0.325 e. The standard InChI is InChI=1S/C14H29N/c1-5-11(3)14(4,15)13-10-8-7-9-12(13)6-2/h11-13H,5-10,15H2,1-4H3. The van der Waals surface area contributed by atoms with Gasteiger partial charge in [-0.05, 0) is 31.1 Å². The van der Waals surface area contributed by atoms with Crippen molar-refractivity contribution in [1.82, 2.24) is 0 Å². The molecule has 90 valence electrons. The molecule has 1 nitrogen and oxygen atoms in total. The molecule has 15 heavy (non-hydrogen) atoms. The molecular formula is C14H29N. The van der Waals surface area contributed by atoms with Gasteiger partial charge in [0.2, 0.25) is 0 Å². The van der Waals surface area contributed by atoms with E-state index in [-0.39, 0.29) is 5.54 Å². The van der Waals surface area contributed by atoms with Gasteiger partial charge >= 0.3 is 0 Å². The first-order valence-electron chi connectivity index (χ1n) is 6.82. The summed E-state index contributed by atoms with van der Waals surface area (Å²) in [6.07, 6.45) is 8.10. The number of hydrogen-bond acceptors (Lipinski definition) is 1. The van der Waals surface area contributed by atoms with Crippen LogP contribution in [-0.4, -0.2) is 5.54 Å². The maximum absolute atomic E-state index is 6.61. The van der Waals surface area contributed by atoms with Crippen LogP contribution in [0.5, 0.6) is 0 Å². The van der Waals surface area contributed by atoms with E-state index in [4.69, 9.17) is 5.73 Å². The summed E-state index contributed by atoms with van der Waals surface area (Å²) < 4.78 is 0. The summed E-state index contributed by atoms with van der Waals surface area (Å²) in [4.78, 5) is 0. The molecule has 0 bridgehead atoms. The quantitative estimate of drug-likeness (QED) is 0.748. The molecule has 0 aromatic rings. The minimum absolute atomic E-state index is 0.0514. The molecule has 2 N–H and O–H groups in total. The Morgan fingerprint density at radius 1 is 1.27 bits per heavy atom. The normalized spacial score (nSPS) is 33.4. The fourth-order valence-corrected chi connectivity index (χ4v) is 3.32. The first-order chi connectivity index (χ1) is 7.04. The van der Waals surface area contributed by atoms with Gasteiger partial charge in [0, 0.05) is 5.54 Å². The zero-order valence-corrected chi connectivity index (χ0v) is 11.1. The zero-order valence-electron chi connectivity index (χ0n) is 11.1. The second-order valence-electron chi connectivity index (χ2n) is 5.73. The third-order valence-electron chi connectivity index (χ3n) is 4.91. The van der Waals surface area contributed by atoms with E-state index in [1.807, 2.05) is 0 Å². The molecule has 0 amide bonds. The first-order valence-corrected chi connectivity index (χ1v) is 6.82. The summed E-state index contributed by atoms with van der Waals surface area (Å²) in [5, 5.41) is 0. The number of hydrogen-bond donors (Lipinski definition) is 1. The highest BCUT2D eigenvalue weighted by Gasteiger charge is 2.39. The van der Waals surface area contributed by atoms with Crippen molar-refractivity contribution in [3.8, 4) is 0 Å². The highest BCUT2D eigenvalue weighted by molar-refractivity contribution is 4.95. The van der Waals surface area contributed by atoms with E-state index in [0.717, 1.165) is 11.8 Å². The maximum atomic E-state index is 6.61. The van der Waals surface area contributed by atoms with Crippen molar-refractivity contribution in [2.45, 2.75) is 71.8 Å². The second kappa shape index (κ2) is 5.34. The van der Waals surface area contributed by atoms with Gasteiger partial charge in [-0.3, -0.25) is 0 Å². The molecule has 1 fully saturated rings. The van der Waals surface area contributed by atoms with E-state index in [2.05, 4.69) is 27.7 Å².